The number of aromatic nitrogens is 2. The maximum Gasteiger partial charge on any atom is 0.340 e. The number of nitrogens with zero attached hydrogens (tertiary/aromatic N) is 2. The van der Waals surface area contributed by atoms with Gasteiger partial charge in [-0.25, -0.2) is 9.78 Å². The molecule has 0 spiro atoms. The van der Waals surface area contributed by atoms with E-state index in [0.29, 0.717) is 0 Å². The maximum atomic E-state index is 10.4. The van der Waals surface area contributed by atoms with E-state index in [2.05, 4.69) is 14.7 Å². The molecule has 0 saturated carbocycles. The molecule has 1 rings (SSSR count). The van der Waals surface area contributed by atoms with E-state index in [1.165, 1.54) is 7.11 Å². The molecule has 0 fully saturated rings. The average molecular weight is 189 g/mol. The van der Waals surface area contributed by atoms with Gasteiger partial charge in [0.1, 0.15) is 5.56 Å². The highest BCUT2D eigenvalue weighted by Gasteiger charge is 2.11. The Hall–Kier alpha value is -1.36. The Morgan fingerprint density at radius 1 is 1.75 bits per heavy atom. The number of methoxy groups -OCH3 is 1. The van der Waals surface area contributed by atoms with Crippen molar-refractivity contribution in [2.75, 3.05) is 7.11 Å². The fourth-order valence-electron chi connectivity index (χ4n) is 0.588. The van der Waals surface area contributed by atoms with E-state index in [-0.39, 0.29) is 16.7 Å². The Morgan fingerprint density at radius 2 is 2.42 bits per heavy atom. The summed E-state index contributed by atoms with van der Waals surface area (Å²) in [6.45, 7) is 0. The van der Waals surface area contributed by atoms with Gasteiger partial charge in [-0.15, -0.1) is 0 Å². The molecule has 0 aliphatic carbocycles. The Morgan fingerprint density at radius 3 is 2.83 bits per heavy atom. The fraction of sp³-hybridized carbons (Fsp3) is 0.167. The van der Waals surface area contributed by atoms with Crippen molar-refractivity contribution in [1.29, 1.82) is 0 Å². The number of hydrogen-bond acceptors (Lipinski definition) is 4. The third kappa shape index (κ3) is 1.62. The minimum absolute atomic E-state index is 0.0463. The number of rotatable bonds is 2. The molecule has 6 heteroatoms. The molecule has 5 nitrogen and oxygen atoms in total. The third-order valence-corrected chi connectivity index (χ3v) is 1.42. The Balaban J connectivity index is 3.12. The Labute approximate surface area is 73.0 Å². The van der Waals surface area contributed by atoms with Crippen LogP contribution in [0, 0.1) is 0 Å². The zero-order chi connectivity index (χ0) is 9.14. The molecule has 0 amide bonds. The lowest BCUT2D eigenvalue weighted by molar-refractivity contribution is 0.0696. The highest BCUT2D eigenvalue weighted by molar-refractivity contribution is 6.32. The van der Waals surface area contributed by atoms with Gasteiger partial charge in [0.2, 0.25) is 0 Å². The van der Waals surface area contributed by atoms with Crippen molar-refractivity contribution in [3.8, 4) is 6.01 Å². The lowest BCUT2D eigenvalue weighted by atomic mass is 10.3. The van der Waals surface area contributed by atoms with E-state index in [1.54, 1.807) is 0 Å². The number of hydrogen-bond donors (Lipinski definition) is 1. The van der Waals surface area contributed by atoms with Gasteiger partial charge in [0, 0.05) is 0 Å². The highest BCUT2D eigenvalue weighted by Crippen LogP contribution is 2.14. The summed E-state index contributed by atoms with van der Waals surface area (Å²) in [5, 5.41) is 8.39. The van der Waals surface area contributed by atoms with Crippen molar-refractivity contribution < 1.29 is 14.6 Å². The first-order chi connectivity index (χ1) is 5.65. The molecular weight excluding hydrogens is 184 g/mol. The molecule has 0 aliphatic heterocycles. The van der Waals surface area contributed by atoms with E-state index >= 15 is 0 Å². The zero-order valence-corrected chi connectivity index (χ0v) is 6.87. The Bertz CT molecular complexity index is 316. The van der Waals surface area contributed by atoms with Gasteiger partial charge in [0.15, 0.2) is 5.15 Å². The van der Waals surface area contributed by atoms with Crippen molar-refractivity contribution in [3.63, 3.8) is 0 Å². The number of halogens is 1. The number of aromatic carboxylic acids is 1. The predicted molar refractivity (Wildman–Crippen MR) is 40.6 cm³/mol. The third-order valence-electron chi connectivity index (χ3n) is 1.13. The quantitative estimate of drug-likeness (QED) is 0.697. The SMILES string of the molecule is COc1ncc(C(=O)O)c(Cl)n1. The molecule has 0 atom stereocenters. The molecule has 0 bridgehead atoms. The van der Waals surface area contributed by atoms with Crippen molar-refractivity contribution in [2.45, 2.75) is 0 Å². The molecule has 1 heterocycles. The standard InChI is InChI=1S/C6H5ClN2O3/c1-12-6-8-2-3(5(10)11)4(7)9-6/h2H,1H3,(H,10,11). The van der Waals surface area contributed by atoms with Crippen molar-refractivity contribution in [1.82, 2.24) is 9.97 Å². The van der Waals surface area contributed by atoms with Gasteiger partial charge in [-0.2, -0.15) is 4.98 Å². The van der Waals surface area contributed by atoms with Crippen LogP contribution in [0.4, 0.5) is 0 Å². The number of carboxylic acid groups (broad SMARTS) is 1. The van der Waals surface area contributed by atoms with Gasteiger partial charge < -0.3 is 9.84 Å². The summed E-state index contributed by atoms with van der Waals surface area (Å²) in [6, 6.07) is 0.0463. The average Bonchev–Trinajstić information content (AvgIpc) is 2.03. The topological polar surface area (TPSA) is 72.3 Å². The van der Waals surface area contributed by atoms with Gasteiger partial charge in [0.25, 0.3) is 0 Å². The van der Waals surface area contributed by atoms with E-state index < -0.39 is 5.97 Å². The van der Waals surface area contributed by atoms with Crippen LogP contribution in [-0.4, -0.2) is 28.2 Å². The highest BCUT2D eigenvalue weighted by atomic mass is 35.5. The minimum Gasteiger partial charge on any atom is -0.478 e. The van der Waals surface area contributed by atoms with Gasteiger partial charge in [-0.1, -0.05) is 11.6 Å². The van der Waals surface area contributed by atoms with Crippen LogP contribution in [0.5, 0.6) is 6.01 Å². The van der Waals surface area contributed by atoms with E-state index in [0.717, 1.165) is 6.20 Å². The van der Waals surface area contributed by atoms with E-state index in [9.17, 15) is 4.79 Å². The molecule has 0 aliphatic rings. The van der Waals surface area contributed by atoms with Crippen LogP contribution in [0.3, 0.4) is 0 Å². The first-order valence-electron chi connectivity index (χ1n) is 2.95. The van der Waals surface area contributed by atoms with E-state index in [1.807, 2.05) is 0 Å². The summed E-state index contributed by atoms with van der Waals surface area (Å²) in [5.74, 6) is -1.16. The molecule has 12 heavy (non-hydrogen) atoms. The van der Waals surface area contributed by atoms with Crippen molar-refractivity contribution in [2.24, 2.45) is 0 Å². The first kappa shape index (κ1) is 8.73. The van der Waals surface area contributed by atoms with Crippen LogP contribution in [-0.2, 0) is 0 Å². The second-order valence-electron chi connectivity index (χ2n) is 1.87. The second-order valence-corrected chi connectivity index (χ2v) is 2.22. The fourth-order valence-corrected chi connectivity index (χ4v) is 0.790. The molecule has 64 valence electrons. The van der Waals surface area contributed by atoms with Crippen molar-refractivity contribution in [3.05, 3.63) is 16.9 Å². The summed E-state index contributed by atoms with van der Waals surface area (Å²) in [7, 11) is 1.37. The molecule has 1 N–H and O–H groups in total. The van der Waals surface area contributed by atoms with Gasteiger partial charge in [-0.05, 0) is 0 Å². The minimum atomic E-state index is -1.16. The first-order valence-corrected chi connectivity index (χ1v) is 3.32. The van der Waals surface area contributed by atoms with Crippen molar-refractivity contribution >= 4 is 17.6 Å². The largest absolute Gasteiger partial charge is 0.478 e. The molecule has 0 aromatic carbocycles. The lowest BCUT2D eigenvalue weighted by Crippen LogP contribution is -2.01. The van der Waals surface area contributed by atoms with Gasteiger partial charge in [-0.3, -0.25) is 0 Å². The second kappa shape index (κ2) is 3.36. The monoisotopic (exact) mass is 188 g/mol. The van der Waals surface area contributed by atoms with Gasteiger partial charge >= 0.3 is 12.0 Å². The Kier molecular flexibility index (Phi) is 2.44. The normalized spacial score (nSPS) is 9.50. The number of carboxylic acids is 1. The van der Waals surface area contributed by atoms with Gasteiger partial charge in [0.05, 0.1) is 13.3 Å². The summed E-state index contributed by atoms with van der Waals surface area (Å²) in [6.07, 6.45) is 1.09. The predicted octanol–water partition coefficient (Wildman–Crippen LogP) is 0.837. The smallest absolute Gasteiger partial charge is 0.340 e. The lowest BCUT2D eigenvalue weighted by Gasteiger charge is -1.99. The van der Waals surface area contributed by atoms with Crippen LogP contribution in [0.15, 0.2) is 6.20 Å². The number of carbonyl (C=O) groups is 1. The maximum absolute atomic E-state index is 10.4. The van der Waals surface area contributed by atoms with Crippen LogP contribution >= 0.6 is 11.6 Å². The summed E-state index contributed by atoms with van der Waals surface area (Å²) in [5.41, 5.74) is -0.141. The molecule has 1 aromatic heterocycles. The van der Waals surface area contributed by atoms with Crippen LogP contribution in [0.1, 0.15) is 10.4 Å². The summed E-state index contributed by atoms with van der Waals surface area (Å²) in [4.78, 5) is 17.6. The van der Waals surface area contributed by atoms with Crippen LogP contribution < -0.4 is 4.74 Å². The molecule has 0 saturated heterocycles. The summed E-state index contributed by atoms with van der Waals surface area (Å²) >= 11 is 5.49. The molecule has 1 aromatic rings. The van der Waals surface area contributed by atoms with Crippen LogP contribution in [0.2, 0.25) is 5.15 Å². The van der Waals surface area contributed by atoms with Crippen LogP contribution in [0.25, 0.3) is 0 Å². The molecular formula is C6H5ClN2O3. The zero-order valence-electron chi connectivity index (χ0n) is 6.11. The van der Waals surface area contributed by atoms with E-state index in [4.69, 9.17) is 16.7 Å². The summed E-state index contributed by atoms with van der Waals surface area (Å²) < 4.78 is 4.63. The molecule has 0 radical (unpaired) electrons. The molecule has 0 unspecified atom stereocenters. The number of ether oxygens (including phenoxy) is 1.